The standard InChI is InChI=1S/C27H28BrClN2O2S/c1-2-30-27(33)25(18-20-6-4-3-5-7-20)31(19-21-8-10-22(28)11-9-21)26(32)16-17-34-24-14-12-23(29)13-15-24/h3-15,25H,2,16-19H2,1H3,(H,30,33). The van der Waals surface area contributed by atoms with Crippen molar-refractivity contribution >= 4 is 51.1 Å². The van der Waals surface area contributed by atoms with Crippen LogP contribution in [0.2, 0.25) is 5.02 Å². The molecule has 1 N–H and O–H groups in total. The van der Waals surface area contributed by atoms with Crippen LogP contribution < -0.4 is 5.32 Å². The molecule has 0 aliphatic heterocycles. The first kappa shape index (κ1) is 26.3. The van der Waals surface area contributed by atoms with Crippen molar-refractivity contribution in [2.45, 2.75) is 37.2 Å². The zero-order valence-electron chi connectivity index (χ0n) is 19.0. The summed E-state index contributed by atoms with van der Waals surface area (Å²) in [6.45, 7) is 2.77. The van der Waals surface area contributed by atoms with Crippen LogP contribution >= 0.6 is 39.3 Å². The number of thioether (sulfide) groups is 1. The molecule has 0 aliphatic rings. The fourth-order valence-electron chi connectivity index (χ4n) is 3.56. The van der Waals surface area contributed by atoms with Gasteiger partial charge in [-0.3, -0.25) is 9.59 Å². The van der Waals surface area contributed by atoms with Gasteiger partial charge in [0, 0.05) is 46.1 Å². The molecule has 1 atom stereocenters. The van der Waals surface area contributed by atoms with Crippen LogP contribution in [-0.2, 0) is 22.6 Å². The number of rotatable bonds is 11. The van der Waals surface area contributed by atoms with Crippen LogP contribution in [0.4, 0.5) is 0 Å². The molecule has 3 rings (SSSR count). The van der Waals surface area contributed by atoms with Crippen LogP contribution in [0.3, 0.4) is 0 Å². The lowest BCUT2D eigenvalue weighted by atomic mass is 10.0. The Morgan fingerprint density at radius 1 is 0.971 bits per heavy atom. The topological polar surface area (TPSA) is 49.4 Å². The Morgan fingerprint density at radius 3 is 2.29 bits per heavy atom. The number of carbonyl (C=O) groups excluding carboxylic acids is 2. The quantitative estimate of drug-likeness (QED) is 0.278. The zero-order chi connectivity index (χ0) is 24.3. The van der Waals surface area contributed by atoms with E-state index in [0.717, 1.165) is 20.5 Å². The average molecular weight is 560 g/mol. The lowest BCUT2D eigenvalue weighted by molar-refractivity contribution is -0.140. The van der Waals surface area contributed by atoms with Gasteiger partial charge >= 0.3 is 0 Å². The van der Waals surface area contributed by atoms with Crippen molar-refractivity contribution in [2.75, 3.05) is 12.3 Å². The number of carbonyl (C=O) groups is 2. The summed E-state index contributed by atoms with van der Waals surface area (Å²) in [4.78, 5) is 29.4. The molecule has 0 aromatic heterocycles. The van der Waals surface area contributed by atoms with Crippen molar-refractivity contribution in [2.24, 2.45) is 0 Å². The van der Waals surface area contributed by atoms with Crippen molar-refractivity contribution < 1.29 is 9.59 Å². The summed E-state index contributed by atoms with van der Waals surface area (Å²) < 4.78 is 0.970. The summed E-state index contributed by atoms with van der Waals surface area (Å²) in [7, 11) is 0. The minimum absolute atomic E-state index is 0.0448. The highest BCUT2D eigenvalue weighted by Gasteiger charge is 2.29. The van der Waals surface area contributed by atoms with Crippen molar-refractivity contribution in [1.29, 1.82) is 0 Å². The van der Waals surface area contributed by atoms with Gasteiger partial charge in [0.05, 0.1) is 0 Å². The van der Waals surface area contributed by atoms with Crippen LogP contribution in [0.15, 0.2) is 88.2 Å². The van der Waals surface area contributed by atoms with Crippen LogP contribution in [-0.4, -0.2) is 35.1 Å². The Bertz CT molecular complexity index is 1060. The Labute approximate surface area is 219 Å². The summed E-state index contributed by atoms with van der Waals surface area (Å²) in [5.41, 5.74) is 1.99. The van der Waals surface area contributed by atoms with Gasteiger partial charge in [-0.25, -0.2) is 0 Å². The lowest BCUT2D eigenvalue weighted by Gasteiger charge is -2.31. The molecule has 3 aromatic rings. The molecule has 0 spiro atoms. The molecule has 0 saturated carbocycles. The molecule has 0 bridgehead atoms. The van der Waals surface area contributed by atoms with E-state index in [1.807, 2.05) is 85.8 Å². The summed E-state index contributed by atoms with van der Waals surface area (Å²) in [5.74, 6) is 0.434. The third-order valence-corrected chi connectivity index (χ3v) is 7.08. The number of benzene rings is 3. The van der Waals surface area contributed by atoms with Crippen molar-refractivity contribution in [3.63, 3.8) is 0 Å². The number of hydrogen-bond acceptors (Lipinski definition) is 3. The van der Waals surface area contributed by atoms with Crippen molar-refractivity contribution in [3.05, 3.63) is 99.5 Å². The predicted molar refractivity (Wildman–Crippen MR) is 144 cm³/mol. The Hall–Kier alpha value is -2.28. The normalized spacial score (nSPS) is 11.6. The maximum Gasteiger partial charge on any atom is 0.243 e. The van der Waals surface area contributed by atoms with E-state index in [9.17, 15) is 9.59 Å². The molecule has 0 radical (unpaired) electrons. The van der Waals surface area contributed by atoms with E-state index in [-0.39, 0.29) is 11.8 Å². The first-order valence-corrected chi connectivity index (χ1v) is 13.4. The van der Waals surface area contributed by atoms with Gasteiger partial charge in [0.1, 0.15) is 6.04 Å². The molecular weight excluding hydrogens is 532 g/mol. The van der Waals surface area contributed by atoms with Crippen LogP contribution in [0.25, 0.3) is 0 Å². The van der Waals surface area contributed by atoms with Gasteiger partial charge in [-0.2, -0.15) is 0 Å². The predicted octanol–water partition coefficient (Wildman–Crippen LogP) is 6.36. The van der Waals surface area contributed by atoms with Crippen molar-refractivity contribution in [1.82, 2.24) is 10.2 Å². The Morgan fingerprint density at radius 2 is 1.65 bits per heavy atom. The number of likely N-dealkylation sites (N-methyl/N-ethyl adjacent to an activating group) is 1. The maximum atomic E-state index is 13.5. The Balaban J connectivity index is 1.81. The second-order valence-corrected chi connectivity index (χ2v) is 10.3. The molecule has 34 heavy (non-hydrogen) atoms. The van der Waals surface area contributed by atoms with Crippen LogP contribution in [0.5, 0.6) is 0 Å². The minimum Gasteiger partial charge on any atom is -0.355 e. The van der Waals surface area contributed by atoms with Gasteiger partial charge in [0.25, 0.3) is 0 Å². The second kappa shape index (κ2) is 13.6. The van der Waals surface area contributed by atoms with Gasteiger partial charge in [-0.1, -0.05) is 70.0 Å². The SMILES string of the molecule is CCNC(=O)C(Cc1ccccc1)N(Cc1ccc(Br)cc1)C(=O)CCSc1ccc(Cl)cc1. The highest BCUT2D eigenvalue weighted by atomic mass is 79.9. The van der Waals surface area contributed by atoms with E-state index in [0.29, 0.717) is 36.7 Å². The lowest BCUT2D eigenvalue weighted by Crippen LogP contribution is -2.50. The average Bonchev–Trinajstić information content (AvgIpc) is 2.84. The van der Waals surface area contributed by atoms with Gasteiger partial charge in [-0.05, 0) is 54.4 Å². The monoisotopic (exact) mass is 558 g/mol. The fraction of sp³-hybridized carbons (Fsp3) is 0.259. The highest BCUT2D eigenvalue weighted by Crippen LogP contribution is 2.23. The number of nitrogens with zero attached hydrogens (tertiary/aromatic N) is 1. The van der Waals surface area contributed by atoms with E-state index < -0.39 is 6.04 Å². The summed E-state index contributed by atoms with van der Waals surface area (Å²) in [5, 5.41) is 3.61. The molecule has 0 saturated heterocycles. The summed E-state index contributed by atoms with van der Waals surface area (Å²) >= 11 is 11.0. The fourth-order valence-corrected chi connectivity index (χ4v) is 4.79. The molecule has 1 unspecified atom stereocenters. The van der Waals surface area contributed by atoms with Crippen LogP contribution in [0.1, 0.15) is 24.5 Å². The smallest absolute Gasteiger partial charge is 0.243 e. The Kier molecular flexibility index (Phi) is 10.5. The summed E-state index contributed by atoms with van der Waals surface area (Å²) in [6.07, 6.45) is 0.786. The van der Waals surface area contributed by atoms with Crippen molar-refractivity contribution in [3.8, 4) is 0 Å². The molecule has 7 heteroatoms. The van der Waals surface area contributed by atoms with E-state index in [4.69, 9.17) is 11.6 Å². The zero-order valence-corrected chi connectivity index (χ0v) is 22.2. The molecule has 178 valence electrons. The van der Waals surface area contributed by atoms with E-state index in [2.05, 4.69) is 21.2 Å². The molecule has 0 fully saturated rings. The highest BCUT2D eigenvalue weighted by molar-refractivity contribution is 9.10. The number of nitrogens with one attached hydrogen (secondary N) is 1. The molecule has 4 nitrogen and oxygen atoms in total. The third-order valence-electron chi connectivity index (χ3n) is 5.29. The van der Waals surface area contributed by atoms with Gasteiger partial charge < -0.3 is 10.2 Å². The third kappa shape index (κ3) is 8.19. The van der Waals surface area contributed by atoms with Gasteiger partial charge in [-0.15, -0.1) is 11.8 Å². The largest absolute Gasteiger partial charge is 0.355 e. The molecule has 0 aliphatic carbocycles. The number of amides is 2. The minimum atomic E-state index is -0.598. The number of halogens is 2. The molecular formula is C27H28BrClN2O2S. The van der Waals surface area contributed by atoms with E-state index in [1.165, 1.54) is 0 Å². The molecule has 2 amide bonds. The first-order chi connectivity index (χ1) is 16.5. The molecule has 0 heterocycles. The molecule has 3 aromatic carbocycles. The summed E-state index contributed by atoms with van der Waals surface area (Å²) in [6, 6.07) is 24.7. The first-order valence-electron chi connectivity index (χ1n) is 11.2. The van der Waals surface area contributed by atoms with E-state index >= 15 is 0 Å². The van der Waals surface area contributed by atoms with Gasteiger partial charge in [0.15, 0.2) is 0 Å². The maximum absolute atomic E-state index is 13.5. The van der Waals surface area contributed by atoms with Gasteiger partial charge in [0.2, 0.25) is 11.8 Å². The van der Waals surface area contributed by atoms with E-state index in [1.54, 1.807) is 16.7 Å². The number of hydrogen-bond donors (Lipinski definition) is 1. The van der Waals surface area contributed by atoms with Crippen LogP contribution in [0, 0.1) is 0 Å². The second-order valence-electron chi connectivity index (χ2n) is 7.80.